The third kappa shape index (κ3) is 1.76. The molecule has 1 heterocycles. The van der Waals surface area contributed by atoms with Crippen molar-refractivity contribution in [2.45, 2.75) is 26.2 Å². The van der Waals surface area contributed by atoms with Crippen LogP contribution in [0.15, 0.2) is 0 Å². The minimum atomic E-state index is -0.462. The number of hydrogen-bond donors (Lipinski definition) is 0. The fourth-order valence-corrected chi connectivity index (χ4v) is 1.25. The van der Waals surface area contributed by atoms with Gasteiger partial charge in [-0.3, -0.25) is 0 Å². The van der Waals surface area contributed by atoms with E-state index in [4.69, 9.17) is 0 Å². The number of methoxy groups -OCH3 is 1. The number of aromatic nitrogens is 3. The molecule has 0 atom stereocenters. The molecule has 0 aliphatic rings. The highest BCUT2D eigenvalue weighted by Crippen LogP contribution is 2.19. The molecule has 5 nitrogen and oxygen atoms in total. The molecule has 78 valence electrons. The van der Waals surface area contributed by atoms with Crippen LogP contribution in [0.1, 0.15) is 37.2 Å². The van der Waals surface area contributed by atoms with Crippen LogP contribution in [-0.2, 0) is 17.2 Å². The first-order valence-corrected chi connectivity index (χ1v) is 4.36. The van der Waals surface area contributed by atoms with Gasteiger partial charge >= 0.3 is 5.97 Å². The monoisotopic (exact) mass is 197 g/mol. The summed E-state index contributed by atoms with van der Waals surface area (Å²) < 4.78 is 6.24. The lowest BCUT2D eigenvalue weighted by Gasteiger charge is -2.16. The molecule has 14 heavy (non-hydrogen) atoms. The average molecular weight is 197 g/mol. The van der Waals surface area contributed by atoms with E-state index in [1.807, 2.05) is 20.8 Å². The first-order chi connectivity index (χ1) is 6.38. The first-order valence-electron chi connectivity index (χ1n) is 4.36. The van der Waals surface area contributed by atoms with E-state index < -0.39 is 5.97 Å². The number of carbonyl (C=O) groups is 1. The summed E-state index contributed by atoms with van der Waals surface area (Å²) in [6.07, 6.45) is 0. The largest absolute Gasteiger partial charge is 0.463 e. The van der Waals surface area contributed by atoms with Crippen molar-refractivity contribution in [3.8, 4) is 0 Å². The lowest BCUT2D eigenvalue weighted by molar-refractivity contribution is 0.0582. The van der Waals surface area contributed by atoms with Gasteiger partial charge < -0.3 is 9.30 Å². The molecular formula is C9H15N3O2. The number of carbonyl (C=O) groups excluding carboxylic acids is 1. The molecule has 0 unspecified atom stereocenters. The third-order valence-corrected chi connectivity index (χ3v) is 1.91. The van der Waals surface area contributed by atoms with Crippen LogP contribution < -0.4 is 0 Å². The summed E-state index contributed by atoms with van der Waals surface area (Å²) in [4.78, 5) is 11.2. The van der Waals surface area contributed by atoms with E-state index in [2.05, 4.69) is 14.9 Å². The van der Waals surface area contributed by atoms with Gasteiger partial charge in [-0.25, -0.2) is 4.79 Å². The molecule has 1 aromatic rings. The fourth-order valence-electron chi connectivity index (χ4n) is 1.25. The smallest absolute Gasteiger partial charge is 0.376 e. The van der Waals surface area contributed by atoms with Gasteiger partial charge in [0.15, 0.2) is 0 Å². The van der Waals surface area contributed by atoms with Crippen molar-refractivity contribution in [3.05, 3.63) is 11.6 Å². The second kappa shape index (κ2) is 3.40. The zero-order chi connectivity index (χ0) is 10.9. The van der Waals surface area contributed by atoms with Crippen molar-refractivity contribution >= 4 is 5.97 Å². The third-order valence-electron chi connectivity index (χ3n) is 1.91. The molecule has 5 heteroatoms. The highest BCUT2D eigenvalue weighted by atomic mass is 16.5. The highest BCUT2D eigenvalue weighted by molar-refractivity contribution is 5.85. The Labute approximate surface area is 83.1 Å². The highest BCUT2D eigenvalue weighted by Gasteiger charge is 2.24. The molecule has 0 aliphatic carbocycles. The number of rotatable bonds is 1. The molecule has 0 N–H and O–H groups in total. The molecule has 0 spiro atoms. The van der Waals surface area contributed by atoms with Gasteiger partial charge in [0.25, 0.3) is 0 Å². The molecule has 0 saturated heterocycles. The van der Waals surface area contributed by atoms with Crippen molar-refractivity contribution in [1.29, 1.82) is 0 Å². The summed E-state index contributed by atoms with van der Waals surface area (Å²) in [5, 5.41) is 7.76. The van der Waals surface area contributed by atoms with Crippen LogP contribution in [0.4, 0.5) is 0 Å². The van der Waals surface area contributed by atoms with E-state index in [-0.39, 0.29) is 11.2 Å². The summed E-state index contributed by atoms with van der Waals surface area (Å²) in [5.41, 5.74) is -0.131. The molecule has 0 aromatic carbocycles. The maximum atomic E-state index is 11.2. The molecule has 0 radical (unpaired) electrons. The Hall–Kier alpha value is -1.39. The van der Waals surface area contributed by atoms with Crippen LogP contribution in [0.2, 0.25) is 0 Å². The molecule has 0 bridgehead atoms. The van der Waals surface area contributed by atoms with Gasteiger partial charge in [0.1, 0.15) is 5.82 Å². The minimum absolute atomic E-state index is 0.131. The van der Waals surface area contributed by atoms with E-state index in [0.717, 1.165) is 5.82 Å². The van der Waals surface area contributed by atoms with Crippen molar-refractivity contribution < 1.29 is 9.53 Å². The van der Waals surface area contributed by atoms with Gasteiger partial charge in [-0.15, -0.1) is 10.2 Å². The minimum Gasteiger partial charge on any atom is -0.463 e. The zero-order valence-corrected chi connectivity index (χ0v) is 9.16. The SMILES string of the molecule is COC(=O)c1nnc(C(C)(C)C)n1C. The predicted molar refractivity (Wildman–Crippen MR) is 51.0 cm³/mol. The van der Waals surface area contributed by atoms with Gasteiger partial charge in [0, 0.05) is 12.5 Å². The predicted octanol–water partition coefficient (Wildman–Crippen LogP) is 0.899. The van der Waals surface area contributed by atoms with E-state index in [1.165, 1.54) is 7.11 Å². The van der Waals surface area contributed by atoms with E-state index >= 15 is 0 Å². The molecule has 0 aliphatic heterocycles. The summed E-state index contributed by atoms with van der Waals surface area (Å²) in [6.45, 7) is 6.04. The van der Waals surface area contributed by atoms with Gasteiger partial charge in [0.2, 0.25) is 5.82 Å². The van der Waals surface area contributed by atoms with E-state index in [0.29, 0.717) is 0 Å². The Kier molecular flexibility index (Phi) is 2.59. The van der Waals surface area contributed by atoms with Gasteiger partial charge in [0.05, 0.1) is 7.11 Å². The van der Waals surface area contributed by atoms with Crippen LogP contribution in [0.25, 0.3) is 0 Å². The normalized spacial score (nSPS) is 11.5. The molecule has 1 aromatic heterocycles. The van der Waals surface area contributed by atoms with Crippen molar-refractivity contribution in [3.63, 3.8) is 0 Å². The Balaban J connectivity index is 3.15. The number of esters is 1. The Morgan fingerprint density at radius 3 is 2.29 bits per heavy atom. The molecule has 0 amide bonds. The molecule has 0 saturated carbocycles. The average Bonchev–Trinajstić information content (AvgIpc) is 2.45. The second-order valence-electron chi connectivity index (χ2n) is 4.15. The lowest BCUT2D eigenvalue weighted by Crippen LogP contribution is -2.19. The fraction of sp³-hybridized carbons (Fsp3) is 0.667. The summed E-state index contributed by atoms with van der Waals surface area (Å²) in [5.74, 6) is 0.533. The zero-order valence-electron chi connectivity index (χ0n) is 9.16. The number of nitrogens with zero attached hydrogens (tertiary/aromatic N) is 3. The van der Waals surface area contributed by atoms with Gasteiger partial charge in [-0.1, -0.05) is 20.8 Å². The maximum absolute atomic E-state index is 11.2. The van der Waals surface area contributed by atoms with Gasteiger partial charge in [-0.2, -0.15) is 0 Å². The lowest BCUT2D eigenvalue weighted by atomic mass is 9.96. The summed E-state index contributed by atoms with van der Waals surface area (Å²) in [6, 6.07) is 0. The van der Waals surface area contributed by atoms with Crippen LogP contribution in [0, 0.1) is 0 Å². The number of ether oxygens (including phenoxy) is 1. The summed E-state index contributed by atoms with van der Waals surface area (Å²) >= 11 is 0. The molecule has 1 rings (SSSR count). The van der Waals surface area contributed by atoms with E-state index in [9.17, 15) is 4.79 Å². The first kappa shape index (κ1) is 10.7. The quantitative estimate of drug-likeness (QED) is 0.627. The van der Waals surface area contributed by atoms with Crippen molar-refractivity contribution in [2.75, 3.05) is 7.11 Å². The van der Waals surface area contributed by atoms with Crippen LogP contribution in [-0.4, -0.2) is 27.8 Å². The molecular weight excluding hydrogens is 182 g/mol. The van der Waals surface area contributed by atoms with Gasteiger partial charge in [-0.05, 0) is 0 Å². The van der Waals surface area contributed by atoms with E-state index in [1.54, 1.807) is 11.6 Å². The Morgan fingerprint density at radius 2 is 1.93 bits per heavy atom. The van der Waals surface area contributed by atoms with Crippen LogP contribution >= 0.6 is 0 Å². The van der Waals surface area contributed by atoms with Crippen molar-refractivity contribution in [1.82, 2.24) is 14.8 Å². The standard InChI is InChI=1S/C9H15N3O2/c1-9(2,3)8-11-10-6(12(8)4)7(13)14-5/h1-5H3. The summed E-state index contributed by atoms with van der Waals surface area (Å²) in [7, 11) is 3.08. The second-order valence-corrected chi connectivity index (χ2v) is 4.15. The van der Waals surface area contributed by atoms with Crippen LogP contribution in [0.3, 0.4) is 0 Å². The molecule has 0 fully saturated rings. The Morgan fingerprint density at radius 1 is 1.36 bits per heavy atom. The van der Waals surface area contributed by atoms with Crippen LogP contribution in [0.5, 0.6) is 0 Å². The Bertz CT molecular complexity index is 349. The topological polar surface area (TPSA) is 57.0 Å². The number of hydrogen-bond acceptors (Lipinski definition) is 4. The maximum Gasteiger partial charge on any atom is 0.376 e. The van der Waals surface area contributed by atoms with Crippen molar-refractivity contribution in [2.24, 2.45) is 7.05 Å².